The van der Waals surface area contributed by atoms with E-state index >= 15 is 0 Å². The molecule has 2 rings (SSSR count). The highest BCUT2D eigenvalue weighted by Gasteiger charge is 2.24. The van der Waals surface area contributed by atoms with Gasteiger partial charge >= 0.3 is 0 Å². The van der Waals surface area contributed by atoms with E-state index in [-0.39, 0.29) is 17.7 Å². The van der Waals surface area contributed by atoms with Gasteiger partial charge in [-0.2, -0.15) is 0 Å². The van der Waals surface area contributed by atoms with Crippen molar-refractivity contribution >= 4 is 21.6 Å². The van der Waals surface area contributed by atoms with Crippen LogP contribution >= 0.6 is 11.6 Å². The number of hydrogen-bond acceptors (Lipinski definition) is 3. The molecule has 1 unspecified atom stereocenters. The van der Waals surface area contributed by atoms with Crippen LogP contribution in [0, 0.1) is 0 Å². The summed E-state index contributed by atoms with van der Waals surface area (Å²) in [7, 11) is -3.31. The lowest BCUT2D eigenvalue weighted by Crippen LogP contribution is -2.34. The third kappa shape index (κ3) is 3.12. The van der Waals surface area contributed by atoms with Crippen molar-refractivity contribution in [3.8, 4) is 5.75 Å². The summed E-state index contributed by atoms with van der Waals surface area (Å²) in [5, 5.41) is 0. The van der Waals surface area contributed by atoms with Crippen molar-refractivity contribution in [2.24, 2.45) is 0 Å². The Bertz CT molecular complexity index is 489. The van der Waals surface area contributed by atoms with Gasteiger partial charge in [-0.05, 0) is 6.07 Å². The molecule has 6 heteroatoms. The van der Waals surface area contributed by atoms with Crippen molar-refractivity contribution in [1.82, 2.24) is 4.72 Å². The van der Waals surface area contributed by atoms with Crippen LogP contribution < -0.4 is 9.46 Å². The predicted octanol–water partition coefficient (Wildman–Crippen LogP) is 1.67. The van der Waals surface area contributed by atoms with E-state index in [9.17, 15) is 8.42 Å². The van der Waals surface area contributed by atoms with Crippen molar-refractivity contribution in [1.29, 1.82) is 0 Å². The fourth-order valence-corrected chi connectivity index (χ4v) is 3.45. The van der Waals surface area contributed by atoms with Gasteiger partial charge in [0.25, 0.3) is 0 Å². The minimum Gasteiger partial charge on any atom is -0.493 e. The van der Waals surface area contributed by atoms with Gasteiger partial charge in [-0.1, -0.05) is 18.2 Å². The Morgan fingerprint density at radius 2 is 2.18 bits per heavy atom. The van der Waals surface area contributed by atoms with Crippen LogP contribution in [0.25, 0.3) is 0 Å². The number of fused-ring (bicyclic) bond motifs is 1. The fraction of sp³-hybridized carbons (Fsp3) is 0.455. The highest BCUT2D eigenvalue weighted by Crippen LogP contribution is 2.31. The average Bonchev–Trinajstić information content (AvgIpc) is 2.29. The summed E-state index contributed by atoms with van der Waals surface area (Å²) < 4.78 is 31.5. The van der Waals surface area contributed by atoms with Crippen LogP contribution in [0.15, 0.2) is 24.3 Å². The Hall–Kier alpha value is -0.780. The number of hydrogen-bond donors (Lipinski definition) is 1. The van der Waals surface area contributed by atoms with Crippen molar-refractivity contribution in [2.45, 2.75) is 12.5 Å². The average molecular weight is 276 g/mol. The largest absolute Gasteiger partial charge is 0.493 e. The first kappa shape index (κ1) is 12.7. The third-order valence-corrected chi connectivity index (χ3v) is 4.42. The Morgan fingerprint density at radius 1 is 1.41 bits per heavy atom. The molecule has 1 N–H and O–H groups in total. The first-order valence-corrected chi connectivity index (χ1v) is 7.59. The molecule has 17 heavy (non-hydrogen) atoms. The molecule has 1 atom stereocenters. The number of para-hydroxylation sites is 1. The molecule has 0 aromatic heterocycles. The molecule has 0 radical (unpaired) electrons. The summed E-state index contributed by atoms with van der Waals surface area (Å²) in [5.74, 6) is 0.784. The lowest BCUT2D eigenvalue weighted by Gasteiger charge is -2.26. The molecule has 0 amide bonds. The number of nitrogens with one attached hydrogen (secondary N) is 1. The molecule has 4 nitrogen and oxygen atoms in total. The number of ether oxygens (including phenoxy) is 1. The second kappa shape index (κ2) is 5.25. The van der Waals surface area contributed by atoms with E-state index in [1.165, 1.54) is 0 Å². The zero-order valence-corrected chi connectivity index (χ0v) is 10.8. The van der Waals surface area contributed by atoms with Crippen LogP contribution in [0.5, 0.6) is 5.75 Å². The predicted molar refractivity (Wildman–Crippen MR) is 66.9 cm³/mol. The van der Waals surface area contributed by atoms with E-state index in [1.54, 1.807) is 0 Å². The molecule has 1 aliphatic heterocycles. The van der Waals surface area contributed by atoms with Gasteiger partial charge in [-0.15, -0.1) is 11.6 Å². The van der Waals surface area contributed by atoms with Crippen LogP contribution in [0.2, 0.25) is 0 Å². The SMILES string of the molecule is O=S(=O)(CCCl)NC1CCOc2ccccc21. The summed E-state index contributed by atoms with van der Waals surface area (Å²) in [4.78, 5) is 0. The van der Waals surface area contributed by atoms with E-state index < -0.39 is 10.0 Å². The van der Waals surface area contributed by atoms with Gasteiger partial charge in [0.2, 0.25) is 10.0 Å². The molecule has 94 valence electrons. The normalized spacial score (nSPS) is 19.5. The third-order valence-electron chi connectivity index (χ3n) is 2.63. The van der Waals surface area contributed by atoms with Gasteiger partial charge in [0.05, 0.1) is 18.4 Å². The maximum absolute atomic E-state index is 11.7. The minimum atomic E-state index is -3.31. The molecule has 0 saturated carbocycles. The van der Waals surface area contributed by atoms with Crippen molar-refractivity contribution in [3.05, 3.63) is 29.8 Å². The molecule has 0 fully saturated rings. The highest BCUT2D eigenvalue weighted by molar-refractivity contribution is 7.89. The second-order valence-electron chi connectivity index (χ2n) is 3.85. The fourth-order valence-electron chi connectivity index (χ4n) is 1.84. The topological polar surface area (TPSA) is 55.4 Å². The maximum atomic E-state index is 11.7. The van der Waals surface area contributed by atoms with Gasteiger partial charge in [0, 0.05) is 17.9 Å². The minimum absolute atomic E-state index is 0.0614. The molecule has 1 aliphatic rings. The first-order valence-electron chi connectivity index (χ1n) is 5.40. The van der Waals surface area contributed by atoms with Gasteiger partial charge in [0.1, 0.15) is 5.75 Å². The van der Waals surface area contributed by atoms with Gasteiger partial charge in [-0.25, -0.2) is 13.1 Å². The van der Waals surface area contributed by atoms with E-state index in [4.69, 9.17) is 16.3 Å². The molecular formula is C11H14ClNO3S. The molecule has 1 heterocycles. The molecular weight excluding hydrogens is 262 g/mol. The zero-order chi connectivity index (χ0) is 12.3. The van der Waals surface area contributed by atoms with Crippen LogP contribution in [-0.4, -0.2) is 26.7 Å². The van der Waals surface area contributed by atoms with E-state index in [0.717, 1.165) is 11.3 Å². The lowest BCUT2D eigenvalue weighted by atomic mass is 10.0. The zero-order valence-electron chi connectivity index (χ0n) is 9.23. The Morgan fingerprint density at radius 3 is 2.94 bits per heavy atom. The quantitative estimate of drug-likeness (QED) is 0.851. The van der Waals surface area contributed by atoms with Gasteiger partial charge < -0.3 is 4.74 Å². The van der Waals surface area contributed by atoms with E-state index in [1.807, 2.05) is 24.3 Å². The van der Waals surface area contributed by atoms with Gasteiger partial charge in [-0.3, -0.25) is 0 Å². The molecule has 0 saturated heterocycles. The monoisotopic (exact) mass is 275 g/mol. The number of alkyl halides is 1. The number of rotatable bonds is 4. The number of benzene rings is 1. The molecule has 1 aromatic carbocycles. The Balaban J connectivity index is 2.19. The van der Waals surface area contributed by atoms with Crippen LogP contribution in [-0.2, 0) is 10.0 Å². The standard InChI is InChI=1S/C11H14ClNO3S/c12-6-8-17(14,15)13-10-5-7-16-11-4-2-1-3-9(10)11/h1-4,10,13H,5-8H2. The van der Waals surface area contributed by atoms with Crippen molar-refractivity contribution in [2.75, 3.05) is 18.2 Å². The van der Waals surface area contributed by atoms with Crippen molar-refractivity contribution in [3.63, 3.8) is 0 Å². The van der Waals surface area contributed by atoms with Crippen LogP contribution in [0.1, 0.15) is 18.0 Å². The second-order valence-corrected chi connectivity index (χ2v) is 6.10. The molecule has 0 aliphatic carbocycles. The Labute approximate surface area is 106 Å². The lowest BCUT2D eigenvalue weighted by molar-refractivity contribution is 0.263. The molecule has 0 bridgehead atoms. The number of halogens is 1. The number of sulfonamides is 1. The summed E-state index contributed by atoms with van der Waals surface area (Å²) in [6.07, 6.45) is 0.637. The van der Waals surface area contributed by atoms with E-state index in [2.05, 4.69) is 4.72 Å². The Kier molecular flexibility index (Phi) is 3.91. The summed E-state index contributed by atoms with van der Waals surface area (Å²) in [6, 6.07) is 7.25. The molecule has 1 aromatic rings. The van der Waals surface area contributed by atoms with E-state index in [0.29, 0.717) is 13.0 Å². The van der Waals surface area contributed by atoms with Crippen molar-refractivity contribution < 1.29 is 13.2 Å². The van der Waals surface area contributed by atoms with Gasteiger partial charge in [0.15, 0.2) is 0 Å². The summed E-state index contributed by atoms with van der Waals surface area (Å²) in [6.45, 7) is 0.519. The van der Waals surface area contributed by atoms with Crippen LogP contribution in [0.3, 0.4) is 0 Å². The smallest absolute Gasteiger partial charge is 0.213 e. The highest BCUT2D eigenvalue weighted by atomic mass is 35.5. The van der Waals surface area contributed by atoms with Crippen LogP contribution in [0.4, 0.5) is 0 Å². The molecule has 0 spiro atoms. The first-order chi connectivity index (χ1) is 8.12. The summed E-state index contributed by atoms with van der Waals surface area (Å²) in [5.41, 5.74) is 0.886. The summed E-state index contributed by atoms with van der Waals surface area (Å²) >= 11 is 5.46. The maximum Gasteiger partial charge on any atom is 0.213 e.